The van der Waals surface area contributed by atoms with Crippen LogP contribution in [0.15, 0.2) is 60.9 Å². The van der Waals surface area contributed by atoms with E-state index in [9.17, 15) is 0 Å². The number of rotatable bonds is 6. The van der Waals surface area contributed by atoms with Gasteiger partial charge in [-0.1, -0.05) is 37.3 Å². The first-order valence-corrected chi connectivity index (χ1v) is 7.30. The molecule has 2 rings (SSSR count). The smallest absolute Gasteiger partial charge is 0.126 e. The van der Waals surface area contributed by atoms with Crippen LogP contribution in [0.1, 0.15) is 37.3 Å². The van der Waals surface area contributed by atoms with Crippen molar-refractivity contribution in [1.29, 1.82) is 0 Å². The van der Waals surface area contributed by atoms with Crippen molar-refractivity contribution in [3.63, 3.8) is 0 Å². The summed E-state index contributed by atoms with van der Waals surface area (Å²) in [6.07, 6.45) is 4.62. The second-order valence-corrected chi connectivity index (χ2v) is 4.89. The van der Waals surface area contributed by atoms with Crippen molar-refractivity contribution in [3.8, 4) is 11.5 Å². The van der Waals surface area contributed by atoms with Crippen molar-refractivity contribution in [2.24, 2.45) is 0 Å². The van der Waals surface area contributed by atoms with Crippen LogP contribution in [0.4, 0.5) is 0 Å². The molecule has 0 spiro atoms. The van der Waals surface area contributed by atoms with Crippen LogP contribution in [0.25, 0.3) is 0 Å². The first-order chi connectivity index (χ1) is 10.3. The Kier molecular flexibility index (Phi) is 5.44. The largest absolute Gasteiger partial charge is 0.497 e. The summed E-state index contributed by atoms with van der Waals surface area (Å²) in [6, 6.07) is 16.6. The molecule has 2 nitrogen and oxygen atoms in total. The van der Waals surface area contributed by atoms with E-state index in [1.165, 1.54) is 11.1 Å². The van der Waals surface area contributed by atoms with Gasteiger partial charge in [0.15, 0.2) is 0 Å². The second kappa shape index (κ2) is 7.53. The molecule has 2 heteroatoms. The molecule has 21 heavy (non-hydrogen) atoms. The molecule has 0 bridgehead atoms. The summed E-state index contributed by atoms with van der Waals surface area (Å²) >= 11 is 0. The van der Waals surface area contributed by atoms with E-state index in [2.05, 4.69) is 31.2 Å². The Morgan fingerprint density at radius 3 is 1.86 bits per heavy atom. The van der Waals surface area contributed by atoms with Crippen molar-refractivity contribution < 1.29 is 9.47 Å². The average molecular weight is 282 g/mol. The highest BCUT2D eigenvalue weighted by atomic mass is 16.5. The van der Waals surface area contributed by atoms with Crippen LogP contribution >= 0.6 is 0 Å². The van der Waals surface area contributed by atoms with Crippen LogP contribution in [0.5, 0.6) is 11.5 Å². The maximum absolute atomic E-state index is 5.46. The van der Waals surface area contributed by atoms with Gasteiger partial charge in [-0.25, -0.2) is 0 Å². The summed E-state index contributed by atoms with van der Waals surface area (Å²) in [4.78, 5) is 0. The lowest BCUT2D eigenvalue weighted by Crippen LogP contribution is -1.99. The molecule has 1 unspecified atom stereocenters. The fraction of sp³-hybridized carbons (Fsp3) is 0.263. The van der Waals surface area contributed by atoms with E-state index < -0.39 is 0 Å². The fourth-order valence-corrected chi connectivity index (χ4v) is 2.43. The van der Waals surface area contributed by atoms with Crippen molar-refractivity contribution in [2.75, 3.05) is 7.11 Å². The lowest BCUT2D eigenvalue weighted by Gasteiger charge is -2.16. The van der Waals surface area contributed by atoms with Crippen LogP contribution in [0.3, 0.4) is 0 Å². The molecule has 0 fully saturated rings. The van der Waals surface area contributed by atoms with E-state index >= 15 is 0 Å². The summed E-state index contributed by atoms with van der Waals surface area (Å²) in [6.45, 7) is 4.14. The number of allylic oxidation sites excluding steroid dienone is 1. The minimum atomic E-state index is 0.395. The molecule has 0 N–H and O–H groups in total. The van der Waals surface area contributed by atoms with Gasteiger partial charge in [0.25, 0.3) is 0 Å². The van der Waals surface area contributed by atoms with Gasteiger partial charge in [0, 0.05) is 5.92 Å². The molecule has 0 aromatic heterocycles. The van der Waals surface area contributed by atoms with Gasteiger partial charge in [0.1, 0.15) is 11.5 Å². The summed E-state index contributed by atoms with van der Waals surface area (Å²) < 4.78 is 10.7. The van der Waals surface area contributed by atoms with Gasteiger partial charge in [-0.2, -0.15) is 0 Å². The van der Waals surface area contributed by atoms with Crippen molar-refractivity contribution in [3.05, 3.63) is 72.0 Å². The number of ether oxygens (including phenoxy) is 2. The monoisotopic (exact) mass is 282 g/mol. The zero-order valence-corrected chi connectivity index (χ0v) is 12.9. The predicted molar refractivity (Wildman–Crippen MR) is 87.0 cm³/mol. The van der Waals surface area contributed by atoms with Gasteiger partial charge in [0.2, 0.25) is 0 Å². The molecule has 0 saturated heterocycles. The molecule has 0 aliphatic carbocycles. The molecular formula is C19H22O2. The molecule has 110 valence electrons. The van der Waals surface area contributed by atoms with E-state index in [0.29, 0.717) is 5.92 Å². The highest BCUT2D eigenvalue weighted by Crippen LogP contribution is 2.30. The van der Waals surface area contributed by atoms with Gasteiger partial charge < -0.3 is 9.47 Å². The minimum Gasteiger partial charge on any atom is -0.497 e. The third kappa shape index (κ3) is 3.88. The van der Waals surface area contributed by atoms with Crippen molar-refractivity contribution >= 4 is 0 Å². The lowest BCUT2D eigenvalue weighted by atomic mass is 9.89. The van der Waals surface area contributed by atoms with Gasteiger partial charge in [0.05, 0.1) is 13.4 Å². The van der Waals surface area contributed by atoms with Gasteiger partial charge in [-0.3, -0.25) is 0 Å². The number of methoxy groups -OCH3 is 1. The maximum atomic E-state index is 5.46. The zero-order chi connectivity index (χ0) is 15.1. The molecule has 2 aromatic rings. The van der Waals surface area contributed by atoms with E-state index in [4.69, 9.17) is 9.47 Å². The molecule has 2 aromatic carbocycles. The summed E-state index contributed by atoms with van der Waals surface area (Å²) in [7, 11) is 1.69. The Hall–Kier alpha value is -2.22. The van der Waals surface area contributed by atoms with Crippen molar-refractivity contribution in [2.45, 2.75) is 26.2 Å². The van der Waals surface area contributed by atoms with E-state index in [1.807, 2.05) is 37.3 Å². The first-order valence-electron chi connectivity index (χ1n) is 7.30. The molecule has 0 saturated carbocycles. The second-order valence-electron chi connectivity index (χ2n) is 4.89. The van der Waals surface area contributed by atoms with Crippen LogP contribution < -0.4 is 9.47 Å². The number of hydrogen-bond acceptors (Lipinski definition) is 2. The predicted octanol–water partition coefficient (Wildman–Crippen LogP) is 5.15. The number of benzene rings is 2. The molecule has 0 aliphatic rings. The molecule has 0 radical (unpaired) electrons. The normalized spacial score (nSPS) is 12.3. The maximum Gasteiger partial charge on any atom is 0.126 e. The van der Waals surface area contributed by atoms with E-state index in [-0.39, 0.29) is 0 Å². The van der Waals surface area contributed by atoms with Crippen LogP contribution in [0, 0.1) is 0 Å². The Bertz CT molecular complexity index is 568. The summed E-state index contributed by atoms with van der Waals surface area (Å²) in [5, 5.41) is 0. The van der Waals surface area contributed by atoms with Gasteiger partial charge in [-0.05, 0) is 48.7 Å². The number of hydrogen-bond donors (Lipinski definition) is 0. The standard InChI is InChI=1S/C19H22O2/c1-4-14-21-18-12-8-16(9-13-18)19(5-2)15-6-10-17(20-3)11-7-15/h4,6-14,19H,5H2,1-3H3/b14-4-. The Balaban J connectivity index is 2.19. The van der Waals surface area contributed by atoms with Crippen LogP contribution in [-0.2, 0) is 0 Å². The molecule has 0 heterocycles. The SMILES string of the molecule is C/C=C\Oc1ccc(C(CC)c2ccc(OC)cc2)cc1. The fourth-order valence-electron chi connectivity index (χ4n) is 2.43. The lowest BCUT2D eigenvalue weighted by molar-refractivity contribution is 0.414. The molecule has 0 aliphatic heterocycles. The average Bonchev–Trinajstić information content (AvgIpc) is 2.55. The van der Waals surface area contributed by atoms with E-state index in [1.54, 1.807) is 13.4 Å². The Morgan fingerprint density at radius 2 is 1.43 bits per heavy atom. The van der Waals surface area contributed by atoms with Crippen LogP contribution in [0.2, 0.25) is 0 Å². The summed E-state index contributed by atoms with van der Waals surface area (Å²) in [5.41, 5.74) is 2.61. The van der Waals surface area contributed by atoms with Gasteiger partial charge in [-0.15, -0.1) is 0 Å². The van der Waals surface area contributed by atoms with Gasteiger partial charge >= 0.3 is 0 Å². The van der Waals surface area contributed by atoms with Crippen molar-refractivity contribution in [1.82, 2.24) is 0 Å². The minimum absolute atomic E-state index is 0.395. The quantitative estimate of drug-likeness (QED) is 0.682. The zero-order valence-electron chi connectivity index (χ0n) is 12.9. The molecule has 1 atom stereocenters. The Labute approximate surface area is 127 Å². The molecule has 0 amide bonds. The highest BCUT2D eigenvalue weighted by molar-refractivity contribution is 5.38. The third-order valence-electron chi connectivity index (χ3n) is 3.55. The van der Waals surface area contributed by atoms with Crippen LogP contribution in [-0.4, -0.2) is 7.11 Å². The highest BCUT2D eigenvalue weighted by Gasteiger charge is 2.12. The summed E-state index contributed by atoms with van der Waals surface area (Å²) in [5.74, 6) is 2.15. The first kappa shape index (κ1) is 15.2. The molecular weight excluding hydrogens is 260 g/mol. The topological polar surface area (TPSA) is 18.5 Å². The third-order valence-corrected chi connectivity index (χ3v) is 3.55. The van der Waals surface area contributed by atoms with E-state index in [0.717, 1.165) is 17.9 Å². The Morgan fingerprint density at radius 1 is 0.905 bits per heavy atom.